The van der Waals surface area contributed by atoms with Crippen LogP contribution in [0.1, 0.15) is 26.2 Å². The molecule has 3 aliphatic rings. The lowest BCUT2D eigenvalue weighted by molar-refractivity contribution is -0.151. The van der Waals surface area contributed by atoms with Crippen molar-refractivity contribution in [2.45, 2.75) is 44.3 Å². The van der Waals surface area contributed by atoms with Gasteiger partial charge >= 0.3 is 0 Å². The van der Waals surface area contributed by atoms with E-state index in [0.717, 1.165) is 19.3 Å². The van der Waals surface area contributed by atoms with Crippen LogP contribution in [0.25, 0.3) is 0 Å². The molecule has 0 aliphatic carbocycles. The van der Waals surface area contributed by atoms with Crippen molar-refractivity contribution in [1.82, 2.24) is 15.5 Å². The Balaban J connectivity index is 1.75. The van der Waals surface area contributed by atoms with Crippen LogP contribution in [-0.2, 0) is 14.4 Å². The first-order chi connectivity index (χ1) is 8.56. The quantitative estimate of drug-likeness (QED) is 0.586. The van der Waals surface area contributed by atoms with Gasteiger partial charge < -0.3 is 10.2 Å². The van der Waals surface area contributed by atoms with Crippen LogP contribution in [-0.4, -0.2) is 47.3 Å². The first kappa shape index (κ1) is 11.6. The third-order valence-electron chi connectivity index (χ3n) is 4.32. The number of fused-ring (bicyclic) bond motifs is 2. The zero-order valence-corrected chi connectivity index (χ0v) is 10.3. The van der Waals surface area contributed by atoms with Crippen molar-refractivity contribution < 1.29 is 14.4 Å². The summed E-state index contributed by atoms with van der Waals surface area (Å²) < 4.78 is 0. The van der Waals surface area contributed by atoms with Gasteiger partial charge in [0.15, 0.2) is 0 Å². The molecule has 0 spiro atoms. The van der Waals surface area contributed by atoms with E-state index >= 15 is 0 Å². The Kier molecular flexibility index (Phi) is 2.62. The Labute approximate surface area is 105 Å². The smallest absolute Gasteiger partial charge is 0.249 e. The topological polar surface area (TPSA) is 78.5 Å². The zero-order valence-electron chi connectivity index (χ0n) is 10.3. The molecule has 3 aliphatic heterocycles. The molecular weight excluding hydrogens is 234 g/mol. The summed E-state index contributed by atoms with van der Waals surface area (Å²) in [6.45, 7) is 1.67. The fourth-order valence-electron chi connectivity index (χ4n) is 3.29. The molecule has 6 heteroatoms. The summed E-state index contributed by atoms with van der Waals surface area (Å²) in [5, 5.41) is 5.65. The predicted molar refractivity (Wildman–Crippen MR) is 62.4 cm³/mol. The molecule has 3 heterocycles. The highest BCUT2D eigenvalue weighted by Crippen LogP contribution is 2.34. The molecule has 4 atom stereocenters. The minimum Gasteiger partial charge on any atom is -0.321 e. The van der Waals surface area contributed by atoms with Gasteiger partial charge in [0.1, 0.15) is 12.6 Å². The molecule has 2 N–H and O–H groups in total. The van der Waals surface area contributed by atoms with E-state index in [1.54, 1.807) is 6.92 Å². The number of nitrogens with one attached hydrogen (secondary N) is 2. The Bertz CT molecular complexity index is 423. The van der Waals surface area contributed by atoms with Crippen molar-refractivity contribution in [3.05, 3.63) is 0 Å². The van der Waals surface area contributed by atoms with Gasteiger partial charge in [0, 0.05) is 12.1 Å². The minimum atomic E-state index is -0.547. The van der Waals surface area contributed by atoms with E-state index in [0.29, 0.717) is 6.04 Å². The third-order valence-corrected chi connectivity index (χ3v) is 4.32. The number of carbonyl (C=O) groups is 3. The summed E-state index contributed by atoms with van der Waals surface area (Å²) in [7, 11) is 0. The van der Waals surface area contributed by atoms with Crippen LogP contribution in [0.2, 0.25) is 0 Å². The van der Waals surface area contributed by atoms with E-state index in [4.69, 9.17) is 0 Å². The summed E-state index contributed by atoms with van der Waals surface area (Å²) in [4.78, 5) is 36.8. The molecule has 3 fully saturated rings. The minimum absolute atomic E-state index is 0.000370. The fraction of sp³-hybridized carbons (Fsp3) is 0.750. The second-order valence-electron chi connectivity index (χ2n) is 5.44. The van der Waals surface area contributed by atoms with E-state index in [2.05, 4.69) is 10.6 Å². The van der Waals surface area contributed by atoms with Crippen molar-refractivity contribution >= 4 is 17.7 Å². The van der Waals surface area contributed by atoms with E-state index < -0.39 is 6.04 Å². The van der Waals surface area contributed by atoms with E-state index in [1.807, 2.05) is 0 Å². The van der Waals surface area contributed by atoms with Crippen molar-refractivity contribution in [2.75, 3.05) is 6.54 Å². The molecule has 0 aromatic rings. The van der Waals surface area contributed by atoms with Crippen LogP contribution in [0.4, 0.5) is 0 Å². The standard InChI is InChI=1S/C12H17N3O3/c1-6-11(17)14-10(16)5-15(6)12(18)8-4-7-2-3-9(8)13-7/h6-9,13H,2-5H2,1H3,(H,14,16,17). The second-order valence-corrected chi connectivity index (χ2v) is 5.44. The average Bonchev–Trinajstić information content (AvgIpc) is 2.94. The Hall–Kier alpha value is -1.43. The van der Waals surface area contributed by atoms with E-state index in [-0.39, 0.29) is 36.2 Å². The maximum absolute atomic E-state index is 12.4. The second kappa shape index (κ2) is 4.05. The zero-order chi connectivity index (χ0) is 12.9. The first-order valence-corrected chi connectivity index (χ1v) is 6.46. The van der Waals surface area contributed by atoms with Gasteiger partial charge in [0.25, 0.3) is 0 Å². The molecule has 0 aromatic heterocycles. The molecular formula is C12H17N3O3. The SMILES string of the molecule is CC1C(=O)NC(=O)CN1C(=O)C1CC2CCC1N2. The summed E-state index contributed by atoms with van der Waals surface area (Å²) in [5.41, 5.74) is 0. The molecule has 98 valence electrons. The molecule has 0 aromatic carbocycles. The fourth-order valence-corrected chi connectivity index (χ4v) is 3.29. The summed E-state index contributed by atoms with van der Waals surface area (Å²) in [5.74, 6) is -0.881. The average molecular weight is 251 g/mol. The van der Waals surface area contributed by atoms with Crippen LogP contribution in [0.3, 0.4) is 0 Å². The number of rotatable bonds is 1. The highest BCUT2D eigenvalue weighted by molar-refractivity contribution is 6.04. The van der Waals surface area contributed by atoms with Gasteiger partial charge in [-0.1, -0.05) is 0 Å². The number of carbonyl (C=O) groups excluding carboxylic acids is 3. The van der Waals surface area contributed by atoms with Crippen molar-refractivity contribution in [3.63, 3.8) is 0 Å². The number of hydrogen-bond donors (Lipinski definition) is 2. The van der Waals surface area contributed by atoms with Crippen LogP contribution < -0.4 is 10.6 Å². The Morgan fingerprint density at radius 1 is 1.33 bits per heavy atom. The summed E-state index contributed by atoms with van der Waals surface area (Å²) in [6.07, 6.45) is 2.98. The maximum Gasteiger partial charge on any atom is 0.249 e. The largest absolute Gasteiger partial charge is 0.321 e. The molecule has 0 saturated carbocycles. The predicted octanol–water partition coefficient (Wildman–Crippen LogP) is -1.000. The van der Waals surface area contributed by atoms with Crippen LogP contribution >= 0.6 is 0 Å². The monoisotopic (exact) mass is 251 g/mol. The van der Waals surface area contributed by atoms with Gasteiger partial charge in [-0.05, 0) is 26.2 Å². The highest BCUT2D eigenvalue weighted by atomic mass is 16.2. The molecule has 6 nitrogen and oxygen atoms in total. The highest BCUT2D eigenvalue weighted by Gasteiger charge is 2.46. The normalized spacial score (nSPS) is 39.1. The first-order valence-electron chi connectivity index (χ1n) is 6.46. The lowest BCUT2D eigenvalue weighted by Gasteiger charge is -2.35. The summed E-state index contributed by atoms with van der Waals surface area (Å²) in [6, 6.07) is 0.123. The number of amides is 3. The van der Waals surface area contributed by atoms with Gasteiger partial charge in [0.2, 0.25) is 17.7 Å². The number of hydrogen-bond acceptors (Lipinski definition) is 4. The number of nitrogens with zero attached hydrogens (tertiary/aromatic N) is 1. The van der Waals surface area contributed by atoms with E-state index in [1.165, 1.54) is 4.90 Å². The number of piperazine rings is 1. The van der Waals surface area contributed by atoms with Crippen molar-refractivity contribution in [3.8, 4) is 0 Å². The van der Waals surface area contributed by atoms with Crippen LogP contribution in [0, 0.1) is 5.92 Å². The summed E-state index contributed by atoms with van der Waals surface area (Å²) >= 11 is 0. The van der Waals surface area contributed by atoms with Crippen molar-refractivity contribution in [2.24, 2.45) is 5.92 Å². The molecule has 3 saturated heterocycles. The molecule has 4 unspecified atom stereocenters. The maximum atomic E-state index is 12.4. The van der Waals surface area contributed by atoms with Crippen molar-refractivity contribution in [1.29, 1.82) is 0 Å². The molecule has 0 radical (unpaired) electrons. The molecule has 2 bridgehead atoms. The third kappa shape index (κ3) is 1.71. The van der Waals surface area contributed by atoms with Gasteiger partial charge in [-0.15, -0.1) is 0 Å². The van der Waals surface area contributed by atoms with Gasteiger partial charge in [-0.3, -0.25) is 19.7 Å². The van der Waals surface area contributed by atoms with Crippen LogP contribution in [0.5, 0.6) is 0 Å². The number of imide groups is 1. The van der Waals surface area contributed by atoms with Crippen LogP contribution in [0.15, 0.2) is 0 Å². The lowest BCUT2D eigenvalue weighted by atomic mass is 9.87. The molecule has 3 rings (SSSR count). The van der Waals surface area contributed by atoms with Gasteiger partial charge in [-0.25, -0.2) is 0 Å². The Morgan fingerprint density at radius 3 is 2.72 bits per heavy atom. The van der Waals surface area contributed by atoms with E-state index in [9.17, 15) is 14.4 Å². The lowest BCUT2D eigenvalue weighted by Crippen LogP contribution is -2.60. The Morgan fingerprint density at radius 2 is 2.11 bits per heavy atom. The molecule has 18 heavy (non-hydrogen) atoms. The van der Waals surface area contributed by atoms with Gasteiger partial charge in [0.05, 0.1) is 5.92 Å². The van der Waals surface area contributed by atoms with Gasteiger partial charge in [-0.2, -0.15) is 0 Å². The molecule has 3 amide bonds.